The zero-order chi connectivity index (χ0) is 48.1. The van der Waals surface area contributed by atoms with Gasteiger partial charge in [-0.3, -0.25) is 0 Å². The number of hydrogen-bond donors (Lipinski definition) is 0. The summed E-state index contributed by atoms with van der Waals surface area (Å²) in [6.45, 7) is 4.53. The molecule has 0 saturated heterocycles. The van der Waals surface area contributed by atoms with E-state index < -0.39 is 0 Å². The first-order valence-electron chi connectivity index (χ1n) is 25.1. The van der Waals surface area contributed by atoms with Crippen LogP contribution >= 0.6 is 0 Å². The van der Waals surface area contributed by atoms with Gasteiger partial charge in [-0.2, -0.15) is 0 Å². The number of aryl methyl sites for hydroxylation is 2. The van der Waals surface area contributed by atoms with Crippen molar-refractivity contribution in [2.45, 2.75) is 13.8 Å². The van der Waals surface area contributed by atoms with Gasteiger partial charge in [0.1, 0.15) is 0 Å². The van der Waals surface area contributed by atoms with Crippen molar-refractivity contribution in [1.29, 1.82) is 0 Å². The molecule has 338 valence electrons. The lowest BCUT2D eigenvalue weighted by molar-refractivity contribution is 1.41. The van der Waals surface area contributed by atoms with Crippen LogP contribution in [0.2, 0.25) is 0 Å². The van der Waals surface area contributed by atoms with Gasteiger partial charge < -0.3 is 0 Å². The Morgan fingerprint density at radius 2 is 0.528 bits per heavy atom. The van der Waals surface area contributed by atoms with Gasteiger partial charge in [0.25, 0.3) is 0 Å². The lowest BCUT2D eigenvalue weighted by Crippen LogP contribution is -1.96. The van der Waals surface area contributed by atoms with Crippen molar-refractivity contribution < 1.29 is 0 Å². The Labute approximate surface area is 421 Å². The van der Waals surface area contributed by atoms with Crippen molar-refractivity contribution in [3.05, 3.63) is 278 Å². The van der Waals surface area contributed by atoms with Crippen LogP contribution in [0.4, 0.5) is 0 Å². The van der Waals surface area contributed by atoms with Crippen LogP contribution in [0.15, 0.2) is 267 Å². The van der Waals surface area contributed by atoms with Gasteiger partial charge in [0.2, 0.25) is 0 Å². The molecule has 13 aromatic rings. The third-order valence-corrected chi connectivity index (χ3v) is 15.1. The van der Waals surface area contributed by atoms with E-state index in [1.165, 1.54) is 132 Å². The summed E-state index contributed by atoms with van der Waals surface area (Å²) in [5, 5.41) is 10.2. The first-order chi connectivity index (χ1) is 35.6. The molecule has 13 aromatic carbocycles. The van der Waals surface area contributed by atoms with Crippen molar-refractivity contribution in [1.82, 2.24) is 0 Å². The molecule has 13 rings (SSSR count). The molecule has 0 N–H and O–H groups in total. The predicted molar refractivity (Wildman–Crippen MR) is 309 cm³/mol. The van der Waals surface area contributed by atoms with Crippen LogP contribution < -0.4 is 0 Å². The van der Waals surface area contributed by atoms with Crippen molar-refractivity contribution >= 4 is 43.1 Å². The van der Waals surface area contributed by atoms with Crippen LogP contribution in [0.3, 0.4) is 0 Å². The quantitative estimate of drug-likeness (QED) is 0.105. The van der Waals surface area contributed by atoms with E-state index in [-0.39, 0.29) is 0 Å². The van der Waals surface area contributed by atoms with Crippen LogP contribution in [-0.2, 0) is 0 Å². The van der Waals surface area contributed by atoms with Gasteiger partial charge in [0.05, 0.1) is 0 Å². The third-order valence-electron chi connectivity index (χ3n) is 15.1. The van der Waals surface area contributed by atoms with E-state index >= 15 is 0 Å². The van der Waals surface area contributed by atoms with Crippen LogP contribution in [0.25, 0.3) is 132 Å². The van der Waals surface area contributed by atoms with E-state index in [0.29, 0.717) is 0 Å². The molecule has 0 spiro atoms. The van der Waals surface area contributed by atoms with Gasteiger partial charge in [-0.25, -0.2) is 0 Å². The minimum Gasteiger partial charge on any atom is -0.0622 e. The molecule has 0 heterocycles. The van der Waals surface area contributed by atoms with Crippen molar-refractivity contribution in [3.8, 4) is 89.0 Å². The van der Waals surface area contributed by atoms with Crippen LogP contribution in [-0.4, -0.2) is 0 Å². The molecule has 0 radical (unpaired) electrons. The van der Waals surface area contributed by atoms with Gasteiger partial charge in [0, 0.05) is 0 Å². The maximum absolute atomic E-state index is 2.45. The maximum atomic E-state index is 2.45. The fourth-order valence-electron chi connectivity index (χ4n) is 11.6. The topological polar surface area (TPSA) is 0 Å². The molecule has 0 amide bonds. The Hall–Kier alpha value is -9.10. The number of fused-ring (bicyclic) bond motifs is 5. The summed E-state index contributed by atoms with van der Waals surface area (Å²) in [5.41, 5.74) is 21.9. The Kier molecular flexibility index (Phi) is 10.7. The SMILES string of the molecule is Cc1c(C)c2ccc(-c3c4ccccc4c(-c4cccc(-c5cc(-c6ccccc6-c6ccccc6)c(-c6ccccc6)c(-c6ccccc6-c6ccccc6)c5)c4)c4ccccc34)cc2c2ccccc12. The third kappa shape index (κ3) is 7.31. The van der Waals surface area contributed by atoms with Crippen LogP contribution in [0.5, 0.6) is 0 Å². The number of rotatable bonds is 8. The molecule has 0 unspecified atom stereocenters. The molecule has 0 saturated carbocycles. The van der Waals surface area contributed by atoms with Crippen molar-refractivity contribution in [3.63, 3.8) is 0 Å². The highest BCUT2D eigenvalue weighted by atomic mass is 14.3. The minimum atomic E-state index is 1.16. The standard InChI is InChI=1S/C72H50/c1-47-48(2)57-42-41-54(44-67(57)60-34-15-12-31-56(47)60)72-65-39-20-18-37-63(65)71(64-38-19-21-40-66(64)72)53-30-22-29-52(43-53)55-45-68(61-35-16-13-32-58(61)49-23-6-3-7-24-49)70(51-27-10-5-11-28-51)69(46-55)62-36-17-14-33-59(62)50-25-8-4-9-26-50/h3-46H,1-2H3. The van der Waals surface area contributed by atoms with Gasteiger partial charge in [-0.1, -0.05) is 243 Å². The van der Waals surface area contributed by atoms with Gasteiger partial charge in [-0.15, -0.1) is 0 Å². The highest BCUT2D eigenvalue weighted by molar-refractivity contribution is 6.23. The molecule has 0 aliphatic rings. The molecule has 0 nitrogen and oxygen atoms in total. The van der Waals surface area contributed by atoms with E-state index in [2.05, 4.69) is 281 Å². The largest absolute Gasteiger partial charge is 0.0622 e. The second kappa shape index (κ2) is 18.0. The van der Waals surface area contributed by atoms with Crippen molar-refractivity contribution in [2.24, 2.45) is 0 Å². The molecule has 0 bridgehead atoms. The van der Waals surface area contributed by atoms with Crippen LogP contribution in [0.1, 0.15) is 11.1 Å². The van der Waals surface area contributed by atoms with Crippen LogP contribution in [0, 0.1) is 13.8 Å². The van der Waals surface area contributed by atoms with Gasteiger partial charge >= 0.3 is 0 Å². The Balaban J connectivity index is 1.07. The van der Waals surface area contributed by atoms with E-state index in [0.717, 1.165) is 11.1 Å². The Bertz CT molecular complexity index is 4040. The fourth-order valence-corrected chi connectivity index (χ4v) is 11.6. The first-order valence-corrected chi connectivity index (χ1v) is 25.1. The molecule has 72 heavy (non-hydrogen) atoms. The van der Waals surface area contributed by atoms with Gasteiger partial charge in [-0.05, 0) is 181 Å². The number of hydrogen-bond acceptors (Lipinski definition) is 0. The summed E-state index contributed by atoms with van der Waals surface area (Å²) in [6, 6.07) is 98.7. The molecule has 0 atom stereocenters. The summed E-state index contributed by atoms with van der Waals surface area (Å²) >= 11 is 0. The average molecular weight is 915 g/mol. The predicted octanol–water partition coefficient (Wildman–Crippen LogP) is 20.3. The molecule has 0 heteroatoms. The van der Waals surface area contributed by atoms with E-state index in [1.807, 2.05) is 0 Å². The minimum absolute atomic E-state index is 1.16. The lowest BCUT2D eigenvalue weighted by atomic mass is 9.81. The van der Waals surface area contributed by atoms with Gasteiger partial charge in [0.15, 0.2) is 0 Å². The zero-order valence-electron chi connectivity index (χ0n) is 40.4. The van der Waals surface area contributed by atoms with E-state index in [4.69, 9.17) is 0 Å². The molecular weight excluding hydrogens is 865 g/mol. The maximum Gasteiger partial charge on any atom is -0.00259 e. The lowest BCUT2D eigenvalue weighted by Gasteiger charge is -2.22. The molecule has 0 fully saturated rings. The monoisotopic (exact) mass is 914 g/mol. The second-order valence-corrected chi connectivity index (χ2v) is 19.1. The van der Waals surface area contributed by atoms with E-state index in [1.54, 1.807) is 0 Å². The van der Waals surface area contributed by atoms with E-state index in [9.17, 15) is 0 Å². The van der Waals surface area contributed by atoms with Crippen molar-refractivity contribution in [2.75, 3.05) is 0 Å². The Morgan fingerprint density at radius 3 is 1.03 bits per heavy atom. The molecule has 0 aliphatic heterocycles. The number of benzene rings is 13. The summed E-state index contributed by atoms with van der Waals surface area (Å²) in [4.78, 5) is 0. The highest BCUT2D eigenvalue weighted by Crippen LogP contribution is 2.50. The normalized spacial score (nSPS) is 11.5. The zero-order valence-corrected chi connectivity index (χ0v) is 40.4. The molecular formula is C72H50. The summed E-state index contributed by atoms with van der Waals surface area (Å²) in [7, 11) is 0. The first kappa shape index (κ1) is 43.0. The summed E-state index contributed by atoms with van der Waals surface area (Å²) in [5.74, 6) is 0. The average Bonchev–Trinajstić information content (AvgIpc) is 3.46. The Morgan fingerprint density at radius 1 is 0.167 bits per heavy atom. The summed E-state index contributed by atoms with van der Waals surface area (Å²) < 4.78 is 0. The summed E-state index contributed by atoms with van der Waals surface area (Å²) in [6.07, 6.45) is 0. The second-order valence-electron chi connectivity index (χ2n) is 19.1. The molecule has 0 aliphatic carbocycles. The fraction of sp³-hybridized carbons (Fsp3) is 0.0278. The smallest absolute Gasteiger partial charge is 0.00259 e. The highest BCUT2D eigenvalue weighted by Gasteiger charge is 2.23. The molecule has 0 aromatic heterocycles.